The molecule has 166 valence electrons. The quantitative estimate of drug-likeness (QED) is 0.534. The van der Waals surface area contributed by atoms with Gasteiger partial charge in [0.2, 0.25) is 0 Å². The molecule has 32 heavy (non-hydrogen) atoms. The molecule has 0 fully saturated rings. The highest BCUT2D eigenvalue weighted by Crippen LogP contribution is 2.45. The van der Waals surface area contributed by atoms with Crippen molar-refractivity contribution in [3.8, 4) is 5.69 Å². The van der Waals surface area contributed by atoms with Crippen LogP contribution in [0.15, 0.2) is 64.3 Å². The number of aryl methyl sites for hydroxylation is 1. The lowest BCUT2D eigenvalue weighted by molar-refractivity contribution is 0.0741. The van der Waals surface area contributed by atoms with Crippen LogP contribution >= 0.6 is 23.4 Å². The number of ether oxygens (including phenoxy) is 1. The van der Waals surface area contributed by atoms with Crippen LogP contribution in [0.25, 0.3) is 5.69 Å². The van der Waals surface area contributed by atoms with E-state index in [0.717, 1.165) is 21.8 Å². The van der Waals surface area contributed by atoms with Crippen molar-refractivity contribution in [2.45, 2.75) is 23.5 Å². The molecule has 5 nitrogen and oxygen atoms in total. The second kappa shape index (κ2) is 9.53. The maximum absolute atomic E-state index is 13.4. The van der Waals surface area contributed by atoms with E-state index in [-0.39, 0.29) is 22.1 Å². The Kier molecular flexibility index (Phi) is 6.74. The Balaban J connectivity index is 1.95. The Labute approximate surface area is 197 Å². The monoisotopic (exact) mass is 468 g/mol. The molecule has 0 saturated heterocycles. The summed E-state index contributed by atoms with van der Waals surface area (Å²) in [6, 6.07) is 17.4. The van der Waals surface area contributed by atoms with Crippen LogP contribution in [0.2, 0.25) is 5.02 Å². The van der Waals surface area contributed by atoms with Crippen molar-refractivity contribution in [1.82, 2.24) is 9.47 Å². The summed E-state index contributed by atoms with van der Waals surface area (Å²) in [4.78, 5) is 29.2. The van der Waals surface area contributed by atoms with Crippen molar-refractivity contribution >= 4 is 29.3 Å². The number of rotatable bonds is 5. The molecule has 3 aromatic rings. The van der Waals surface area contributed by atoms with E-state index in [1.165, 1.54) is 0 Å². The van der Waals surface area contributed by atoms with Crippen LogP contribution in [0.4, 0.5) is 0 Å². The summed E-state index contributed by atoms with van der Waals surface area (Å²) in [7, 11) is 3.29. The highest BCUT2D eigenvalue weighted by Gasteiger charge is 2.30. The first-order valence-electron chi connectivity index (χ1n) is 10.4. The predicted molar refractivity (Wildman–Crippen MR) is 129 cm³/mol. The Hall–Kier alpha value is -2.54. The van der Waals surface area contributed by atoms with Crippen molar-refractivity contribution in [3.05, 3.63) is 92.4 Å². The standard InChI is InChI=1S/C25H25ClN2O3S/c1-16-14-21(29)24(25(30)27(2)12-13-31-3)20-15-23(17-8-4-5-9-18(17)26)32-22-11-7-6-10-19(22)28(16)20/h4-11,14,23H,12-13,15H2,1-3H3. The molecule has 2 heterocycles. The first-order chi connectivity index (χ1) is 15.4. The molecular weight excluding hydrogens is 444 g/mol. The summed E-state index contributed by atoms with van der Waals surface area (Å²) in [5.41, 5.74) is 3.42. The second-order valence-corrected chi connectivity index (χ2v) is 9.48. The van der Waals surface area contributed by atoms with E-state index in [0.29, 0.717) is 30.3 Å². The number of methoxy groups -OCH3 is 1. The number of hydrogen-bond acceptors (Lipinski definition) is 4. The molecule has 1 aliphatic heterocycles. The van der Waals surface area contributed by atoms with Crippen molar-refractivity contribution < 1.29 is 9.53 Å². The third-order valence-electron chi connectivity index (χ3n) is 5.70. The molecular formula is C25H25ClN2O3S. The van der Waals surface area contributed by atoms with Crippen molar-refractivity contribution in [2.24, 2.45) is 0 Å². The van der Waals surface area contributed by atoms with Crippen LogP contribution in [0.5, 0.6) is 0 Å². The summed E-state index contributed by atoms with van der Waals surface area (Å²) >= 11 is 8.27. The molecule has 4 rings (SSSR count). The van der Waals surface area contributed by atoms with E-state index in [2.05, 4.69) is 10.6 Å². The van der Waals surface area contributed by atoms with Gasteiger partial charge >= 0.3 is 0 Å². The van der Waals surface area contributed by atoms with E-state index >= 15 is 0 Å². The summed E-state index contributed by atoms with van der Waals surface area (Å²) in [6.45, 7) is 2.71. The number of halogens is 1. The fraction of sp³-hybridized carbons (Fsp3) is 0.280. The van der Waals surface area contributed by atoms with Gasteiger partial charge in [-0.2, -0.15) is 0 Å². The lowest BCUT2D eigenvalue weighted by Crippen LogP contribution is -2.36. The van der Waals surface area contributed by atoms with E-state index in [9.17, 15) is 9.59 Å². The number of benzene rings is 2. The summed E-state index contributed by atoms with van der Waals surface area (Å²) in [5.74, 6) is -0.293. The molecule has 1 amide bonds. The van der Waals surface area contributed by atoms with Crippen LogP contribution in [-0.4, -0.2) is 42.7 Å². The van der Waals surface area contributed by atoms with E-state index in [1.807, 2.05) is 49.4 Å². The normalized spacial score (nSPS) is 14.9. The molecule has 0 aliphatic carbocycles. The summed E-state index contributed by atoms with van der Waals surface area (Å²) in [6.07, 6.45) is 0.499. The van der Waals surface area contributed by atoms with Gasteiger partial charge in [-0.05, 0) is 30.7 Å². The van der Waals surface area contributed by atoms with Crippen molar-refractivity contribution in [3.63, 3.8) is 0 Å². The average molecular weight is 469 g/mol. The molecule has 0 radical (unpaired) electrons. The number of nitrogens with zero attached hydrogens (tertiary/aromatic N) is 2. The van der Waals surface area contributed by atoms with Gasteiger partial charge < -0.3 is 14.2 Å². The fourth-order valence-corrected chi connectivity index (χ4v) is 5.74. The van der Waals surface area contributed by atoms with Gasteiger partial charge in [0.1, 0.15) is 5.56 Å². The van der Waals surface area contributed by atoms with Crippen molar-refractivity contribution in [1.29, 1.82) is 0 Å². The van der Waals surface area contributed by atoms with Crippen LogP contribution in [-0.2, 0) is 11.2 Å². The summed E-state index contributed by atoms with van der Waals surface area (Å²) < 4.78 is 7.17. The first kappa shape index (κ1) is 22.6. The van der Waals surface area contributed by atoms with Gasteiger partial charge in [0.25, 0.3) is 5.91 Å². The molecule has 0 saturated carbocycles. The Morgan fingerprint density at radius 2 is 1.94 bits per heavy atom. The van der Waals surface area contributed by atoms with Gasteiger partial charge in [0.15, 0.2) is 5.43 Å². The van der Waals surface area contributed by atoms with Crippen LogP contribution < -0.4 is 5.43 Å². The number of carbonyl (C=O) groups excluding carboxylic acids is 1. The molecule has 2 aromatic carbocycles. The molecule has 0 bridgehead atoms. The van der Waals surface area contributed by atoms with Gasteiger partial charge in [0.05, 0.1) is 12.3 Å². The highest BCUT2D eigenvalue weighted by atomic mass is 35.5. The number of fused-ring (bicyclic) bond motifs is 3. The van der Waals surface area contributed by atoms with Gasteiger partial charge in [-0.1, -0.05) is 41.9 Å². The molecule has 1 aromatic heterocycles. The Morgan fingerprint density at radius 3 is 2.69 bits per heavy atom. The molecule has 1 unspecified atom stereocenters. The van der Waals surface area contributed by atoms with Gasteiger partial charge in [-0.15, -0.1) is 11.8 Å². The van der Waals surface area contributed by atoms with E-state index in [1.54, 1.807) is 36.9 Å². The largest absolute Gasteiger partial charge is 0.383 e. The minimum Gasteiger partial charge on any atom is -0.383 e. The molecule has 0 spiro atoms. The zero-order valence-electron chi connectivity index (χ0n) is 18.3. The van der Waals surface area contributed by atoms with Gasteiger partial charge in [-0.25, -0.2) is 0 Å². The number of carbonyl (C=O) groups is 1. The van der Waals surface area contributed by atoms with Crippen LogP contribution in [0.3, 0.4) is 0 Å². The molecule has 1 atom stereocenters. The average Bonchev–Trinajstić information content (AvgIpc) is 2.94. The number of aromatic nitrogens is 1. The summed E-state index contributed by atoms with van der Waals surface area (Å²) in [5, 5.41) is 0.631. The lowest BCUT2D eigenvalue weighted by atomic mass is 10.0. The van der Waals surface area contributed by atoms with Crippen molar-refractivity contribution in [2.75, 3.05) is 27.3 Å². The maximum Gasteiger partial charge on any atom is 0.259 e. The van der Waals surface area contributed by atoms with Gasteiger partial charge in [0, 0.05) is 59.7 Å². The minimum absolute atomic E-state index is 0.0457. The predicted octanol–water partition coefficient (Wildman–Crippen LogP) is 4.91. The van der Waals surface area contributed by atoms with Gasteiger partial charge in [-0.3, -0.25) is 9.59 Å². The smallest absolute Gasteiger partial charge is 0.259 e. The van der Waals surface area contributed by atoms with E-state index in [4.69, 9.17) is 16.3 Å². The molecule has 7 heteroatoms. The second-order valence-electron chi connectivity index (χ2n) is 7.83. The minimum atomic E-state index is -0.293. The van der Waals surface area contributed by atoms with Crippen LogP contribution in [0, 0.1) is 6.92 Å². The number of para-hydroxylation sites is 1. The lowest BCUT2D eigenvalue weighted by Gasteiger charge is -2.23. The number of thioether (sulfide) groups is 1. The third kappa shape index (κ3) is 4.22. The Morgan fingerprint density at radius 1 is 1.22 bits per heavy atom. The Bertz CT molecular complexity index is 1220. The molecule has 1 aliphatic rings. The number of hydrogen-bond donors (Lipinski definition) is 0. The molecule has 0 N–H and O–H groups in total. The number of likely N-dealkylation sites (N-methyl/N-ethyl adjacent to an activating group) is 1. The SMILES string of the molecule is COCCN(C)C(=O)c1c2n(c(C)cc1=O)-c1ccccc1SC(c1ccccc1Cl)C2. The topological polar surface area (TPSA) is 51.5 Å². The number of pyridine rings is 1. The zero-order chi connectivity index (χ0) is 22.8. The maximum atomic E-state index is 13.4. The zero-order valence-corrected chi connectivity index (χ0v) is 19.9. The first-order valence-corrected chi connectivity index (χ1v) is 11.7. The fourth-order valence-electron chi connectivity index (χ4n) is 4.09. The van der Waals surface area contributed by atoms with Crippen LogP contribution in [0.1, 0.15) is 32.6 Å². The number of amides is 1. The highest BCUT2D eigenvalue weighted by molar-refractivity contribution is 7.99. The van der Waals surface area contributed by atoms with E-state index < -0.39 is 0 Å². The third-order valence-corrected chi connectivity index (χ3v) is 7.34.